The molecule has 3 nitrogen and oxygen atoms in total. The topological polar surface area (TPSA) is 46.2 Å². The molecule has 19 heavy (non-hydrogen) atoms. The number of thiophene rings is 1. The van der Waals surface area contributed by atoms with Crippen molar-refractivity contribution in [3.05, 3.63) is 15.4 Å². The van der Waals surface area contributed by atoms with Gasteiger partial charge in [0.1, 0.15) is 4.21 Å². The van der Waals surface area contributed by atoms with Crippen LogP contribution in [0.3, 0.4) is 0 Å². The Labute approximate surface area is 128 Å². The van der Waals surface area contributed by atoms with Crippen molar-refractivity contribution in [2.75, 3.05) is 0 Å². The maximum absolute atomic E-state index is 12.4. The number of hydrogen-bond donors (Lipinski definition) is 1. The quantitative estimate of drug-likeness (QED) is 0.881. The minimum absolute atomic E-state index is 0.0716. The first kappa shape index (κ1) is 15.5. The lowest BCUT2D eigenvalue weighted by atomic mass is 9.80. The summed E-state index contributed by atoms with van der Waals surface area (Å²) in [5.41, 5.74) is 0.968. The second kappa shape index (κ2) is 5.84. The second-order valence-corrected chi connectivity index (χ2v) is 9.96. The van der Waals surface area contributed by atoms with E-state index in [2.05, 4.69) is 34.5 Å². The molecule has 0 aliphatic heterocycles. The largest absolute Gasteiger partial charge is 0.250 e. The van der Waals surface area contributed by atoms with Crippen LogP contribution in [0.15, 0.2) is 14.1 Å². The molecule has 0 amide bonds. The van der Waals surface area contributed by atoms with Crippen LogP contribution in [0, 0.1) is 18.8 Å². The predicted molar refractivity (Wildman–Crippen MR) is 83.0 cm³/mol. The van der Waals surface area contributed by atoms with Gasteiger partial charge in [-0.05, 0) is 65.6 Å². The molecule has 1 heterocycles. The molecule has 2 rings (SSSR count). The van der Waals surface area contributed by atoms with Gasteiger partial charge in [-0.2, -0.15) is 0 Å². The zero-order valence-electron chi connectivity index (χ0n) is 11.4. The van der Waals surface area contributed by atoms with Crippen molar-refractivity contribution < 1.29 is 8.42 Å². The Morgan fingerprint density at radius 3 is 2.58 bits per heavy atom. The number of rotatable bonds is 3. The van der Waals surface area contributed by atoms with Crippen molar-refractivity contribution in [3.8, 4) is 0 Å². The summed E-state index contributed by atoms with van der Waals surface area (Å²) < 4.78 is 28.9. The predicted octanol–water partition coefficient (Wildman–Crippen LogP) is 3.92. The number of hydrogen-bond acceptors (Lipinski definition) is 3. The lowest BCUT2D eigenvalue weighted by Gasteiger charge is -2.32. The van der Waals surface area contributed by atoms with Gasteiger partial charge in [0.05, 0.1) is 3.79 Å². The van der Waals surface area contributed by atoms with Crippen LogP contribution >= 0.6 is 27.3 Å². The smallest absolute Gasteiger partial charge is 0.207 e. The summed E-state index contributed by atoms with van der Waals surface area (Å²) in [6.07, 6.45) is 3.14. The lowest BCUT2D eigenvalue weighted by molar-refractivity contribution is 0.249. The van der Waals surface area contributed by atoms with Crippen molar-refractivity contribution in [2.45, 2.75) is 50.3 Å². The zero-order chi connectivity index (χ0) is 14.2. The van der Waals surface area contributed by atoms with E-state index in [0.717, 1.165) is 28.6 Å². The van der Waals surface area contributed by atoms with Gasteiger partial charge in [-0.1, -0.05) is 13.8 Å². The lowest BCUT2D eigenvalue weighted by Crippen LogP contribution is -2.42. The van der Waals surface area contributed by atoms with E-state index < -0.39 is 10.0 Å². The maximum atomic E-state index is 12.4. The van der Waals surface area contributed by atoms with E-state index in [-0.39, 0.29) is 6.04 Å². The molecule has 1 saturated carbocycles. The highest BCUT2D eigenvalue weighted by molar-refractivity contribution is 9.11. The van der Waals surface area contributed by atoms with E-state index in [1.54, 1.807) is 6.07 Å². The second-order valence-electron chi connectivity index (χ2n) is 5.65. The van der Waals surface area contributed by atoms with E-state index in [1.165, 1.54) is 11.3 Å². The summed E-state index contributed by atoms with van der Waals surface area (Å²) in [5, 5.41) is 0. The molecule has 0 bridgehead atoms. The van der Waals surface area contributed by atoms with Crippen molar-refractivity contribution in [1.29, 1.82) is 0 Å². The molecular formula is C13H20BrNO2S2. The minimum Gasteiger partial charge on any atom is -0.207 e. The Morgan fingerprint density at radius 2 is 2.05 bits per heavy atom. The summed E-state index contributed by atoms with van der Waals surface area (Å²) in [6, 6.07) is 1.80. The molecule has 0 aromatic carbocycles. The molecule has 1 aliphatic carbocycles. The Hall–Kier alpha value is 0.0900. The van der Waals surface area contributed by atoms with E-state index in [1.807, 2.05) is 6.92 Å². The van der Waals surface area contributed by atoms with Crippen molar-refractivity contribution in [2.24, 2.45) is 11.8 Å². The summed E-state index contributed by atoms with van der Waals surface area (Å²) in [4.78, 5) is 0. The van der Waals surface area contributed by atoms with Gasteiger partial charge in [0.15, 0.2) is 0 Å². The molecule has 1 aromatic rings. The zero-order valence-corrected chi connectivity index (χ0v) is 14.7. The van der Waals surface area contributed by atoms with Gasteiger partial charge < -0.3 is 0 Å². The van der Waals surface area contributed by atoms with Gasteiger partial charge in [0.2, 0.25) is 10.0 Å². The molecule has 0 saturated heterocycles. The molecule has 1 N–H and O–H groups in total. The number of sulfonamides is 1. The first-order valence-electron chi connectivity index (χ1n) is 6.58. The highest BCUT2D eigenvalue weighted by atomic mass is 79.9. The molecule has 0 spiro atoms. The first-order valence-corrected chi connectivity index (χ1v) is 9.67. The molecular weight excluding hydrogens is 346 g/mol. The fourth-order valence-corrected chi connectivity index (χ4v) is 6.28. The van der Waals surface area contributed by atoms with Crippen LogP contribution in [-0.2, 0) is 10.0 Å². The van der Waals surface area contributed by atoms with Gasteiger partial charge in [-0.15, -0.1) is 11.3 Å². The summed E-state index contributed by atoms with van der Waals surface area (Å²) in [7, 11) is -3.37. The molecule has 6 heteroatoms. The van der Waals surface area contributed by atoms with Crippen LogP contribution in [0.1, 0.15) is 38.7 Å². The Balaban J connectivity index is 2.13. The van der Waals surface area contributed by atoms with Crippen LogP contribution in [0.25, 0.3) is 0 Å². The molecule has 1 aliphatic rings. The van der Waals surface area contributed by atoms with Crippen molar-refractivity contribution in [1.82, 2.24) is 4.72 Å². The summed E-state index contributed by atoms with van der Waals surface area (Å²) in [6.45, 7) is 6.28. The van der Waals surface area contributed by atoms with Crippen LogP contribution in [0.5, 0.6) is 0 Å². The monoisotopic (exact) mass is 365 g/mol. The third kappa shape index (κ3) is 3.60. The fourth-order valence-electron chi connectivity index (χ4n) is 2.66. The Kier molecular flexibility index (Phi) is 4.75. The van der Waals surface area contributed by atoms with Gasteiger partial charge >= 0.3 is 0 Å². The highest BCUT2D eigenvalue weighted by Crippen LogP contribution is 2.33. The number of aryl methyl sites for hydroxylation is 1. The maximum Gasteiger partial charge on any atom is 0.250 e. The minimum atomic E-state index is -3.37. The first-order chi connectivity index (χ1) is 8.79. The molecule has 3 unspecified atom stereocenters. The van der Waals surface area contributed by atoms with E-state index in [4.69, 9.17) is 0 Å². The summed E-state index contributed by atoms with van der Waals surface area (Å²) in [5.74, 6) is 1.11. The highest BCUT2D eigenvalue weighted by Gasteiger charge is 2.30. The van der Waals surface area contributed by atoms with Crippen LogP contribution in [-0.4, -0.2) is 14.5 Å². The Bertz CT molecular complexity index is 533. The van der Waals surface area contributed by atoms with E-state index in [9.17, 15) is 8.42 Å². The standard InChI is InChI=1S/C13H20BrNO2S2/c1-8-4-5-11(9(2)6-8)15-19(16,17)12-7-10(3)13(14)18-12/h7-9,11,15H,4-6H2,1-3H3. The molecule has 108 valence electrons. The van der Waals surface area contributed by atoms with Crippen LogP contribution in [0.4, 0.5) is 0 Å². The summed E-state index contributed by atoms with van der Waals surface area (Å²) >= 11 is 4.66. The van der Waals surface area contributed by atoms with Crippen molar-refractivity contribution in [3.63, 3.8) is 0 Å². The van der Waals surface area contributed by atoms with Crippen LogP contribution in [0.2, 0.25) is 0 Å². The van der Waals surface area contributed by atoms with Gasteiger partial charge in [0.25, 0.3) is 0 Å². The third-order valence-corrected chi connectivity index (χ3v) is 7.94. The SMILES string of the molecule is Cc1cc(S(=O)(=O)NC2CCC(C)CC2C)sc1Br. The average molecular weight is 366 g/mol. The molecule has 1 aromatic heterocycles. The average Bonchev–Trinajstić information content (AvgIpc) is 2.64. The molecule has 3 atom stereocenters. The van der Waals surface area contributed by atoms with Gasteiger partial charge in [-0.25, -0.2) is 13.1 Å². The third-order valence-electron chi connectivity index (χ3n) is 3.84. The van der Waals surface area contributed by atoms with E-state index >= 15 is 0 Å². The number of halogens is 1. The van der Waals surface area contributed by atoms with Gasteiger partial charge in [-0.3, -0.25) is 0 Å². The normalized spacial score (nSPS) is 28.5. The van der Waals surface area contributed by atoms with Crippen molar-refractivity contribution >= 4 is 37.3 Å². The van der Waals surface area contributed by atoms with Crippen LogP contribution < -0.4 is 4.72 Å². The number of nitrogens with one attached hydrogen (secondary N) is 1. The molecule has 1 fully saturated rings. The fraction of sp³-hybridized carbons (Fsp3) is 0.692. The molecule has 0 radical (unpaired) electrons. The van der Waals surface area contributed by atoms with Gasteiger partial charge in [0, 0.05) is 6.04 Å². The Morgan fingerprint density at radius 1 is 1.37 bits per heavy atom. The van der Waals surface area contributed by atoms with E-state index in [0.29, 0.717) is 16.0 Å².